The first kappa shape index (κ1) is 18.4. The van der Waals surface area contributed by atoms with Gasteiger partial charge >= 0.3 is 0 Å². The SMILES string of the molecule is CS(=O)(=O)NC1CCN(CC(=O)NCC2(c3ccccc3)CC2)CC1. The summed E-state index contributed by atoms with van der Waals surface area (Å²) in [4.78, 5) is 14.4. The molecule has 0 aromatic heterocycles. The van der Waals surface area contributed by atoms with E-state index in [1.807, 2.05) is 18.2 Å². The van der Waals surface area contributed by atoms with Gasteiger partial charge in [0.2, 0.25) is 15.9 Å². The van der Waals surface area contributed by atoms with Crippen LogP contribution in [-0.2, 0) is 20.2 Å². The lowest BCUT2D eigenvalue weighted by molar-refractivity contribution is -0.122. The van der Waals surface area contributed by atoms with Crippen molar-refractivity contribution < 1.29 is 13.2 Å². The average Bonchev–Trinajstić information content (AvgIpc) is 3.36. The molecule has 2 N–H and O–H groups in total. The van der Waals surface area contributed by atoms with Gasteiger partial charge in [0, 0.05) is 31.1 Å². The van der Waals surface area contributed by atoms with Crippen molar-refractivity contribution in [2.24, 2.45) is 0 Å². The molecule has 1 heterocycles. The largest absolute Gasteiger partial charge is 0.354 e. The highest BCUT2D eigenvalue weighted by Crippen LogP contribution is 2.47. The Bertz CT molecular complexity index is 694. The van der Waals surface area contributed by atoms with E-state index in [4.69, 9.17) is 0 Å². The van der Waals surface area contributed by atoms with Gasteiger partial charge in [-0.2, -0.15) is 0 Å². The lowest BCUT2D eigenvalue weighted by atomic mass is 9.96. The molecule has 0 bridgehead atoms. The predicted molar refractivity (Wildman–Crippen MR) is 97.8 cm³/mol. The highest BCUT2D eigenvalue weighted by Gasteiger charge is 2.44. The van der Waals surface area contributed by atoms with Crippen molar-refractivity contribution in [2.75, 3.05) is 32.4 Å². The lowest BCUT2D eigenvalue weighted by Gasteiger charge is -2.31. The molecule has 0 spiro atoms. The number of likely N-dealkylation sites (tertiary alicyclic amines) is 1. The van der Waals surface area contributed by atoms with Gasteiger partial charge in [-0.25, -0.2) is 13.1 Å². The summed E-state index contributed by atoms with van der Waals surface area (Å²) in [6.45, 7) is 2.56. The third kappa shape index (κ3) is 5.26. The minimum atomic E-state index is -3.16. The zero-order valence-electron chi connectivity index (χ0n) is 14.7. The van der Waals surface area contributed by atoms with Gasteiger partial charge in [-0.3, -0.25) is 9.69 Å². The maximum atomic E-state index is 12.3. The van der Waals surface area contributed by atoms with Crippen molar-refractivity contribution in [1.29, 1.82) is 0 Å². The summed E-state index contributed by atoms with van der Waals surface area (Å²) in [6.07, 6.45) is 4.93. The Hall–Kier alpha value is -1.44. The summed E-state index contributed by atoms with van der Waals surface area (Å²) >= 11 is 0. The summed E-state index contributed by atoms with van der Waals surface area (Å²) in [5.74, 6) is 0.0525. The predicted octanol–water partition coefficient (Wildman–Crippen LogP) is 0.848. The van der Waals surface area contributed by atoms with E-state index in [-0.39, 0.29) is 17.4 Å². The number of rotatable bonds is 7. The van der Waals surface area contributed by atoms with Gasteiger partial charge in [0.05, 0.1) is 12.8 Å². The van der Waals surface area contributed by atoms with Gasteiger partial charge in [0.15, 0.2) is 0 Å². The molecule has 1 aliphatic carbocycles. The summed E-state index contributed by atoms with van der Waals surface area (Å²) < 4.78 is 25.2. The third-order valence-electron chi connectivity index (χ3n) is 5.20. The van der Waals surface area contributed by atoms with Crippen LogP contribution in [0.4, 0.5) is 0 Å². The van der Waals surface area contributed by atoms with E-state index < -0.39 is 10.0 Å². The molecule has 1 aliphatic heterocycles. The molecule has 138 valence electrons. The number of hydrogen-bond donors (Lipinski definition) is 2. The molecule has 1 aromatic carbocycles. The minimum Gasteiger partial charge on any atom is -0.354 e. The van der Waals surface area contributed by atoms with E-state index in [9.17, 15) is 13.2 Å². The number of carbonyl (C=O) groups is 1. The fraction of sp³-hybridized carbons (Fsp3) is 0.611. The molecular weight excluding hydrogens is 338 g/mol. The van der Waals surface area contributed by atoms with Crippen molar-refractivity contribution in [3.05, 3.63) is 35.9 Å². The van der Waals surface area contributed by atoms with Crippen LogP contribution in [0.25, 0.3) is 0 Å². The van der Waals surface area contributed by atoms with E-state index in [0.717, 1.165) is 38.8 Å². The Kier molecular flexibility index (Phi) is 5.46. The average molecular weight is 365 g/mol. The van der Waals surface area contributed by atoms with E-state index in [0.29, 0.717) is 13.1 Å². The van der Waals surface area contributed by atoms with Crippen LogP contribution in [0.3, 0.4) is 0 Å². The van der Waals surface area contributed by atoms with Crippen molar-refractivity contribution in [3.8, 4) is 0 Å². The van der Waals surface area contributed by atoms with E-state index >= 15 is 0 Å². The topological polar surface area (TPSA) is 78.5 Å². The second-order valence-corrected chi connectivity index (χ2v) is 9.14. The zero-order valence-corrected chi connectivity index (χ0v) is 15.5. The normalized spacial score (nSPS) is 21.0. The Morgan fingerprint density at radius 1 is 1.20 bits per heavy atom. The lowest BCUT2D eigenvalue weighted by Crippen LogP contribution is -2.47. The first-order valence-corrected chi connectivity index (χ1v) is 10.8. The van der Waals surface area contributed by atoms with Crippen LogP contribution in [-0.4, -0.2) is 57.7 Å². The number of nitrogens with zero attached hydrogens (tertiary/aromatic N) is 1. The second-order valence-electron chi connectivity index (χ2n) is 7.36. The Balaban J connectivity index is 1.41. The van der Waals surface area contributed by atoms with Crippen molar-refractivity contribution in [3.63, 3.8) is 0 Å². The first-order valence-electron chi connectivity index (χ1n) is 8.88. The molecule has 0 radical (unpaired) electrons. The smallest absolute Gasteiger partial charge is 0.234 e. The van der Waals surface area contributed by atoms with E-state index in [1.165, 1.54) is 11.8 Å². The van der Waals surface area contributed by atoms with E-state index in [2.05, 4.69) is 27.1 Å². The number of piperidine rings is 1. The van der Waals surface area contributed by atoms with Crippen LogP contribution in [0.2, 0.25) is 0 Å². The molecule has 1 aromatic rings. The standard InChI is InChI=1S/C18H27N3O3S/c1-25(23,24)20-16-7-11-21(12-8-16)13-17(22)19-14-18(9-10-18)15-5-3-2-4-6-15/h2-6,16,20H,7-14H2,1H3,(H,19,22). The summed E-state index contributed by atoms with van der Waals surface area (Å²) in [6, 6.07) is 10.4. The molecule has 1 amide bonds. The molecule has 0 unspecified atom stereocenters. The van der Waals surface area contributed by atoms with Crippen LogP contribution in [0.5, 0.6) is 0 Å². The molecular formula is C18H27N3O3S. The van der Waals surface area contributed by atoms with Crippen LogP contribution in [0.15, 0.2) is 30.3 Å². The van der Waals surface area contributed by atoms with Gasteiger partial charge in [0.1, 0.15) is 0 Å². The van der Waals surface area contributed by atoms with Gasteiger partial charge in [-0.1, -0.05) is 30.3 Å². The maximum absolute atomic E-state index is 12.3. The molecule has 7 heteroatoms. The van der Waals surface area contributed by atoms with Crippen LogP contribution in [0, 0.1) is 0 Å². The highest BCUT2D eigenvalue weighted by molar-refractivity contribution is 7.88. The molecule has 2 aliphatic rings. The van der Waals surface area contributed by atoms with Crippen LogP contribution < -0.4 is 10.0 Å². The molecule has 1 saturated heterocycles. The molecule has 3 rings (SSSR count). The van der Waals surface area contributed by atoms with Crippen LogP contribution >= 0.6 is 0 Å². The zero-order chi connectivity index (χ0) is 17.9. The fourth-order valence-corrected chi connectivity index (χ4v) is 4.39. The number of sulfonamides is 1. The summed E-state index contributed by atoms with van der Waals surface area (Å²) in [7, 11) is -3.16. The van der Waals surface area contributed by atoms with Gasteiger partial charge in [-0.15, -0.1) is 0 Å². The number of hydrogen-bond acceptors (Lipinski definition) is 4. The minimum absolute atomic E-state index is 0.0119. The Morgan fingerprint density at radius 3 is 2.40 bits per heavy atom. The van der Waals surface area contributed by atoms with Gasteiger partial charge in [0.25, 0.3) is 0 Å². The van der Waals surface area contributed by atoms with Gasteiger partial charge < -0.3 is 5.32 Å². The van der Waals surface area contributed by atoms with Crippen molar-refractivity contribution in [1.82, 2.24) is 14.9 Å². The number of carbonyl (C=O) groups excluding carboxylic acids is 1. The molecule has 2 fully saturated rings. The van der Waals surface area contributed by atoms with Crippen LogP contribution in [0.1, 0.15) is 31.2 Å². The van der Waals surface area contributed by atoms with Crippen molar-refractivity contribution >= 4 is 15.9 Å². The molecule has 6 nitrogen and oxygen atoms in total. The summed E-state index contributed by atoms with van der Waals surface area (Å²) in [5.41, 5.74) is 1.44. The third-order valence-corrected chi connectivity index (χ3v) is 5.96. The number of amides is 1. The molecule has 25 heavy (non-hydrogen) atoms. The first-order chi connectivity index (χ1) is 11.9. The maximum Gasteiger partial charge on any atom is 0.234 e. The number of nitrogens with one attached hydrogen (secondary N) is 2. The Morgan fingerprint density at radius 2 is 1.84 bits per heavy atom. The van der Waals surface area contributed by atoms with Gasteiger partial charge in [-0.05, 0) is 31.2 Å². The van der Waals surface area contributed by atoms with E-state index in [1.54, 1.807) is 0 Å². The quantitative estimate of drug-likeness (QED) is 0.751. The second kappa shape index (κ2) is 7.43. The summed E-state index contributed by atoms with van der Waals surface area (Å²) in [5, 5.41) is 3.09. The highest BCUT2D eigenvalue weighted by atomic mass is 32.2. The fourth-order valence-electron chi connectivity index (χ4n) is 3.55. The van der Waals surface area contributed by atoms with Crippen molar-refractivity contribution in [2.45, 2.75) is 37.1 Å². The Labute approximate surface area is 150 Å². The monoisotopic (exact) mass is 365 g/mol. The molecule has 1 saturated carbocycles. The number of benzene rings is 1. The molecule has 0 atom stereocenters.